The van der Waals surface area contributed by atoms with Crippen LogP contribution in [-0.2, 0) is 21.5 Å². The van der Waals surface area contributed by atoms with Gasteiger partial charge in [0.25, 0.3) is 0 Å². The average Bonchev–Trinajstić information content (AvgIpc) is 2.90. The number of aliphatic carboxylic acids is 1. The van der Waals surface area contributed by atoms with Crippen LogP contribution in [0.3, 0.4) is 0 Å². The Morgan fingerprint density at radius 2 is 1.95 bits per heavy atom. The van der Waals surface area contributed by atoms with Gasteiger partial charge in [0, 0.05) is 6.20 Å². The van der Waals surface area contributed by atoms with Crippen molar-refractivity contribution in [2.75, 3.05) is 5.32 Å². The van der Waals surface area contributed by atoms with Crippen LogP contribution in [0.2, 0.25) is 0 Å². The van der Waals surface area contributed by atoms with Gasteiger partial charge in [0.05, 0.1) is 18.3 Å². The first kappa shape index (κ1) is 15.7. The van der Waals surface area contributed by atoms with Gasteiger partial charge in [0.15, 0.2) is 5.54 Å². The molecular weight excluding hydrogens is 289 g/mol. The maximum Gasteiger partial charge on any atom is 0.331 e. The van der Waals surface area contributed by atoms with Gasteiger partial charge in [-0.2, -0.15) is 5.10 Å². The standard InChI is InChI=1S/C15H16FN3O3/c1-15(2,14(21)22)19-9-12(8-17-19)18-13(20)7-10-3-5-11(16)6-4-10/h3-6,8-9H,7H2,1-2H3,(H,18,20)(H,21,22). The van der Waals surface area contributed by atoms with Crippen molar-refractivity contribution >= 4 is 17.6 Å². The monoisotopic (exact) mass is 305 g/mol. The second kappa shape index (κ2) is 5.97. The molecule has 116 valence electrons. The van der Waals surface area contributed by atoms with E-state index >= 15 is 0 Å². The maximum atomic E-state index is 12.8. The SMILES string of the molecule is CC(C)(C(=O)O)n1cc(NC(=O)Cc2ccc(F)cc2)cn1. The van der Waals surface area contributed by atoms with Crippen LogP contribution in [0.1, 0.15) is 19.4 Å². The molecule has 0 saturated heterocycles. The summed E-state index contributed by atoms with van der Waals surface area (Å²) in [5.74, 6) is -1.68. The van der Waals surface area contributed by atoms with E-state index < -0.39 is 11.5 Å². The number of carbonyl (C=O) groups is 2. The fourth-order valence-electron chi connectivity index (χ4n) is 1.78. The van der Waals surface area contributed by atoms with Gasteiger partial charge in [-0.3, -0.25) is 9.48 Å². The van der Waals surface area contributed by atoms with E-state index in [1.807, 2.05) is 0 Å². The first-order valence-corrected chi connectivity index (χ1v) is 6.62. The molecule has 0 unspecified atom stereocenters. The minimum atomic E-state index is -1.21. The van der Waals surface area contributed by atoms with Crippen molar-refractivity contribution < 1.29 is 19.1 Å². The third kappa shape index (κ3) is 3.49. The highest BCUT2D eigenvalue weighted by atomic mass is 19.1. The summed E-state index contributed by atoms with van der Waals surface area (Å²) in [7, 11) is 0. The summed E-state index contributed by atoms with van der Waals surface area (Å²) in [5, 5.41) is 15.7. The predicted molar refractivity (Wildman–Crippen MR) is 77.9 cm³/mol. The quantitative estimate of drug-likeness (QED) is 0.885. The Balaban J connectivity index is 2.02. The van der Waals surface area contributed by atoms with Gasteiger partial charge in [-0.15, -0.1) is 0 Å². The molecule has 6 nitrogen and oxygen atoms in total. The number of carboxylic acid groups (broad SMARTS) is 1. The van der Waals surface area contributed by atoms with Crippen molar-refractivity contribution in [3.8, 4) is 0 Å². The summed E-state index contributed by atoms with van der Waals surface area (Å²) in [6.45, 7) is 3.01. The van der Waals surface area contributed by atoms with Crippen molar-refractivity contribution in [2.45, 2.75) is 25.8 Å². The zero-order chi connectivity index (χ0) is 16.3. The Bertz CT molecular complexity index is 692. The highest BCUT2D eigenvalue weighted by Crippen LogP contribution is 2.17. The van der Waals surface area contributed by atoms with Crippen LogP contribution in [-0.4, -0.2) is 26.8 Å². The van der Waals surface area contributed by atoms with Crippen LogP contribution in [0.15, 0.2) is 36.7 Å². The molecule has 1 aromatic carbocycles. The summed E-state index contributed by atoms with van der Waals surface area (Å²) >= 11 is 0. The molecule has 0 aliphatic heterocycles. The molecule has 0 fully saturated rings. The van der Waals surface area contributed by atoms with Crippen molar-refractivity contribution in [1.29, 1.82) is 0 Å². The number of rotatable bonds is 5. The van der Waals surface area contributed by atoms with Gasteiger partial charge in [-0.05, 0) is 31.5 Å². The van der Waals surface area contributed by atoms with Crippen LogP contribution in [0.25, 0.3) is 0 Å². The maximum absolute atomic E-state index is 12.8. The highest BCUT2D eigenvalue weighted by Gasteiger charge is 2.30. The summed E-state index contributed by atoms with van der Waals surface area (Å²) in [6.07, 6.45) is 2.93. The van der Waals surface area contributed by atoms with E-state index in [1.165, 1.54) is 55.2 Å². The van der Waals surface area contributed by atoms with Crippen LogP contribution in [0.5, 0.6) is 0 Å². The Kier molecular flexibility index (Phi) is 4.25. The molecule has 7 heteroatoms. The molecular formula is C15H16FN3O3. The Morgan fingerprint density at radius 1 is 1.32 bits per heavy atom. The lowest BCUT2D eigenvalue weighted by Crippen LogP contribution is -2.35. The van der Waals surface area contributed by atoms with E-state index in [0.717, 1.165) is 0 Å². The zero-order valence-electron chi connectivity index (χ0n) is 12.2. The number of amides is 1. The molecule has 2 N–H and O–H groups in total. The number of anilines is 1. The number of benzene rings is 1. The molecule has 0 saturated carbocycles. The number of halogens is 1. The Hall–Kier alpha value is -2.70. The first-order valence-electron chi connectivity index (χ1n) is 6.62. The molecule has 22 heavy (non-hydrogen) atoms. The molecule has 2 rings (SSSR count). The van der Waals surface area contributed by atoms with Gasteiger partial charge in [0.2, 0.25) is 5.91 Å². The van der Waals surface area contributed by atoms with Crippen LogP contribution in [0, 0.1) is 5.82 Å². The number of hydrogen-bond donors (Lipinski definition) is 2. The number of carboxylic acids is 1. The lowest BCUT2D eigenvalue weighted by Gasteiger charge is -2.19. The summed E-state index contributed by atoms with van der Waals surface area (Å²) in [5.41, 5.74) is -0.126. The minimum absolute atomic E-state index is 0.0911. The van der Waals surface area contributed by atoms with Gasteiger partial charge in [0.1, 0.15) is 5.82 Å². The number of nitrogens with one attached hydrogen (secondary N) is 1. The molecule has 0 radical (unpaired) electrons. The smallest absolute Gasteiger partial charge is 0.331 e. The molecule has 1 aromatic heterocycles. The molecule has 0 atom stereocenters. The second-order valence-electron chi connectivity index (χ2n) is 5.39. The normalized spacial score (nSPS) is 11.2. The van der Waals surface area contributed by atoms with E-state index in [0.29, 0.717) is 11.3 Å². The largest absolute Gasteiger partial charge is 0.479 e. The fourth-order valence-corrected chi connectivity index (χ4v) is 1.78. The molecule has 0 aliphatic rings. The minimum Gasteiger partial charge on any atom is -0.479 e. The Morgan fingerprint density at radius 3 is 2.55 bits per heavy atom. The van der Waals surface area contributed by atoms with E-state index in [1.54, 1.807) is 0 Å². The highest BCUT2D eigenvalue weighted by molar-refractivity contribution is 5.92. The van der Waals surface area contributed by atoms with Crippen LogP contribution in [0.4, 0.5) is 10.1 Å². The number of hydrogen-bond acceptors (Lipinski definition) is 3. The van der Waals surface area contributed by atoms with Gasteiger partial charge < -0.3 is 10.4 Å². The fraction of sp³-hybridized carbons (Fsp3) is 0.267. The molecule has 1 amide bonds. The van der Waals surface area contributed by atoms with E-state index in [9.17, 15) is 14.0 Å². The number of nitrogens with zero attached hydrogens (tertiary/aromatic N) is 2. The van der Waals surface area contributed by atoms with E-state index in [-0.39, 0.29) is 18.1 Å². The summed E-state index contributed by atoms with van der Waals surface area (Å²) < 4.78 is 14.1. The molecule has 0 bridgehead atoms. The van der Waals surface area contributed by atoms with E-state index in [2.05, 4.69) is 10.4 Å². The van der Waals surface area contributed by atoms with Gasteiger partial charge in [-0.25, -0.2) is 9.18 Å². The Labute approximate surface area is 126 Å². The summed E-state index contributed by atoms with van der Waals surface area (Å²) in [6, 6.07) is 5.64. The molecule has 1 heterocycles. The molecule has 2 aromatic rings. The second-order valence-corrected chi connectivity index (χ2v) is 5.39. The van der Waals surface area contributed by atoms with Crippen LogP contribution >= 0.6 is 0 Å². The lowest BCUT2D eigenvalue weighted by molar-refractivity contribution is -0.146. The van der Waals surface area contributed by atoms with Crippen molar-refractivity contribution in [3.05, 3.63) is 48.0 Å². The topological polar surface area (TPSA) is 84.2 Å². The van der Waals surface area contributed by atoms with Crippen LogP contribution < -0.4 is 5.32 Å². The van der Waals surface area contributed by atoms with Crippen molar-refractivity contribution in [2.24, 2.45) is 0 Å². The van der Waals surface area contributed by atoms with Gasteiger partial charge >= 0.3 is 5.97 Å². The van der Waals surface area contributed by atoms with Crippen molar-refractivity contribution in [1.82, 2.24) is 9.78 Å². The van der Waals surface area contributed by atoms with Crippen molar-refractivity contribution in [3.63, 3.8) is 0 Å². The zero-order valence-corrected chi connectivity index (χ0v) is 12.2. The number of carbonyl (C=O) groups excluding carboxylic acids is 1. The van der Waals surface area contributed by atoms with Gasteiger partial charge in [-0.1, -0.05) is 12.1 Å². The third-order valence-corrected chi connectivity index (χ3v) is 3.24. The first-order chi connectivity index (χ1) is 10.3. The predicted octanol–water partition coefficient (Wildman–Crippen LogP) is 2.02. The average molecular weight is 305 g/mol. The summed E-state index contributed by atoms with van der Waals surface area (Å²) in [4.78, 5) is 23.0. The lowest BCUT2D eigenvalue weighted by atomic mass is 10.1. The molecule has 0 spiro atoms. The van der Waals surface area contributed by atoms with E-state index in [4.69, 9.17) is 5.11 Å². The number of aromatic nitrogens is 2. The molecule has 0 aliphatic carbocycles. The third-order valence-electron chi connectivity index (χ3n) is 3.24.